The van der Waals surface area contributed by atoms with Gasteiger partial charge in [-0.15, -0.1) is 0 Å². The molecule has 0 amide bonds. The molecule has 0 aliphatic carbocycles. The van der Waals surface area contributed by atoms with Gasteiger partial charge in [0.1, 0.15) is 11.3 Å². The van der Waals surface area contributed by atoms with Gasteiger partial charge < -0.3 is 9.15 Å². The highest BCUT2D eigenvalue weighted by atomic mass is 19.3. The monoisotopic (exact) mass is 362 g/mol. The first-order valence-electron chi connectivity index (χ1n) is 7.87. The molecule has 8 heteroatoms. The number of fused-ring (bicyclic) bond motifs is 1. The Labute approximate surface area is 147 Å². The summed E-state index contributed by atoms with van der Waals surface area (Å²) in [5.41, 5.74) is 0.529. The third-order valence-corrected chi connectivity index (χ3v) is 4.00. The third kappa shape index (κ3) is 3.10. The number of benzene rings is 1. The lowest BCUT2D eigenvalue weighted by Crippen LogP contribution is -2.17. The molecule has 0 spiro atoms. The molecule has 0 aliphatic heterocycles. The molecule has 3 aromatic rings. The van der Waals surface area contributed by atoms with Gasteiger partial charge in [-0.1, -0.05) is 12.1 Å². The summed E-state index contributed by atoms with van der Waals surface area (Å²) in [6.07, 6.45) is -1.03. The second-order valence-corrected chi connectivity index (χ2v) is 5.83. The van der Waals surface area contributed by atoms with E-state index in [1.165, 1.54) is 26.0 Å². The summed E-state index contributed by atoms with van der Waals surface area (Å²) in [6.45, 7) is 1.66. The molecule has 136 valence electrons. The Balaban J connectivity index is 1.97. The van der Waals surface area contributed by atoms with Crippen molar-refractivity contribution >= 4 is 17.0 Å². The molecule has 6 nitrogen and oxygen atoms in total. The van der Waals surface area contributed by atoms with Crippen LogP contribution < -0.4 is 5.63 Å². The van der Waals surface area contributed by atoms with Crippen molar-refractivity contribution in [3.8, 4) is 0 Å². The van der Waals surface area contributed by atoms with Crippen LogP contribution in [0.3, 0.4) is 0 Å². The normalized spacial score (nSPS) is 12.5. The fourth-order valence-corrected chi connectivity index (χ4v) is 2.89. The predicted octanol–water partition coefficient (Wildman–Crippen LogP) is 3.92. The van der Waals surface area contributed by atoms with Gasteiger partial charge in [0.05, 0.1) is 11.0 Å². The summed E-state index contributed by atoms with van der Waals surface area (Å²) in [5.74, 6) is -0.735. The molecule has 0 aliphatic rings. The van der Waals surface area contributed by atoms with Gasteiger partial charge in [-0.2, -0.15) is 8.78 Å². The molecule has 0 fully saturated rings. The van der Waals surface area contributed by atoms with E-state index in [1.54, 1.807) is 25.1 Å². The molecule has 0 radical (unpaired) electrons. The van der Waals surface area contributed by atoms with Gasteiger partial charge in [0.2, 0.25) is 0 Å². The Morgan fingerprint density at radius 1 is 1.27 bits per heavy atom. The van der Waals surface area contributed by atoms with Crippen LogP contribution in [0.5, 0.6) is 0 Å². The first kappa shape index (κ1) is 17.8. The summed E-state index contributed by atoms with van der Waals surface area (Å²) >= 11 is 0. The number of alkyl halides is 2. The number of imidazole rings is 1. The van der Waals surface area contributed by atoms with Crippen molar-refractivity contribution in [3.63, 3.8) is 0 Å². The lowest BCUT2D eigenvalue weighted by atomic mass is 10.1. The van der Waals surface area contributed by atoms with Crippen LogP contribution in [0.1, 0.15) is 47.1 Å². The summed E-state index contributed by atoms with van der Waals surface area (Å²) < 4.78 is 38.0. The number of carbonyl (C=O) groups is 1. The smallest absolute Gasteiger partial charge is 0.342 e. The summed E-state index contributed by atoms with van der Waals surface area (Å²) in [5, 5.41) is 0. The fraction of sp³-hybridized carbons (Fsp3) is 0.278. The van der Waals surface area contributed by atoms with Gasteiger partial charge in [0, 0.05) is 6.07 Å². The number of rotatable bonds is 4. The van der Waals surface area contributed by atoms with Gasteiger partial charge in [0.25, 0.3) is 0 Å². The van der Waals surface area contributed by atoms with Crippen LogP contribution in [0.4, 0.5) is 8.78 Å². The average Bonchev–Trinajstić information content (AvgIpc) is 2.93. The minimum Gasteiger partial charge on any atom is -0.451 e. The number of hydrogen-bond donors (Lipinski definition) is 0. The zero-order valence-corrected chi connectivity index (χ0v) is 14.3. The Bertz CT molecular complexity index is 1010. The lowest BCUT2D eigenvalue weighted by molar-refractivity contribution is 0.0228. The van der Waals surface area contributed by atoms with Crippen molar-refractivity contribution in [1.29, 1.82) is 0 Å². The summed E-state index contributed by atoms with van der Waals surface area (Å²) in [4.78, 5) is 28.0. The van der Waals surface area contributed by atoms with E-state index in [2.05, 4.69) is 4.98 Å². The maximum absolute atomic E-state index is 13.5. The maximum atomic E-state index is 13.5. The largest absolute Gasteiger partial charge is 0.451 e. The van der Waals surface area contributed by atoms with Crippen molar-refractivity contribution < 1.29 is 22.7 Å². The Hall–Kier alpha value is -3.03. The van der Waals surface area contributed by atoms with Crippen molar-refractivity contribution in [2.75, 3.05) is 0 Å². The second-order valence-electron chi connectivity index (χ2n) is 5.83. The van der Waals surface area contributed by atoms with Crippen molar-refractivity contribution in [3.05, 3.63) is 63.5 Å². The molecule has 0 saturated carbocycles. The SMILES string of the molecule is Cc1cc(=O)oc(C)c1C(=O)O[C@H](C)c1nc2ccccc2n1C(F)F. The molecule has 1 aromatic carbocycles. The van der Waals surface area contributed by atoms with Gasteiger partial charge in [-0.05, 0) is 38.5 Å². The van der Waals surface area contributed by atoms with Crippen LogP contribution in [-0.2, 0) is 4.74 Å². The van der Waals surface area contributed by atoms with E-state index in [1.807, 2.05) is 0 Å². The Morgan fingerprint density at radius 3 is 2.62 bits per heavy atom. The third-order valence-electron chi connectivity index (χ3n) is 4.00. The fourth-order valence-electron chi connectivity index (χ4n) is 2.89. The van der Waals surface area contributed by atoms with E-state index in [9.17, 15) is 18.4 Å². The van der Waals surface area contributed by atoms with Gasteiger partial charge in [-0.25, -0.2) is 14.6 Å². The first-order valence-corrected chi connectivity index (χ1v) is 7.87. The highest BCUT2D eigenvalue weighted by molar-refractivity contribution is 5.92. The minimum atomic E-state index is -2.84. The van der Waals surface area contributed by atoms with E-state index >= 15 is 0 Å². The van der Waals surface area contributed by atoms with E-state index in [4.69, 9.17) is 9.15 Å². The lowest BCUT2D eigenvalue weighted by Gasteiger charge is -2.16. The number of para-hydroxylation sites is 2. The predicted molar refractivity (Wildman–Crippen MR) is 89.3 cm³/mol. The molecular weight excluding hydrogens is 346 g/mol. The minimum absolute atomic E-state index is 0.0674. The number of aryl methyl sites for hydroxylation is 2. The van der Waals surface area contributed by atoms with Gasteiger partial charge in [0.15, 0.2) is 11.9 Å². The van der Waals surface area contributed by atoms with Crippen LogP contribution in [0.15, 0.2) is 39.5 Å². The summed E-state index contributed by atoms with van der Waals surface area (Å²) in [6, 6.07) is 7.61. The van der Waals surface area contributed by atoms with Gasteiger partial charge >= 0.3 is 18.1 Å². The number of halogens is 2. The molecule has 26 heavy (non-hydrogen) atoms. The zero-order valence-electron chi connectivity index (χ0n) is 14.3. The van der Waals surface area contributed by atoms with E-state index in [-0.39, 0.29) is 22.7 Å². The maximum Gasteiger partial charge on any atom is 0.342 e. The van der Waals surface area contributed by atoms with Crippen LogP contribution in [0.25, 0.3) is 11.0 Å². The highest BCUT2D eigenvalue weighted by Gasteiger charge is 2.26. The molecule has 0 unspecified atom stereocenters. The van der Waals surface area contributed by atoms with E-state index in [0.717, 1.165) is 4.57 Å². The van der Waals surface area contributed by atoms with Crippen molar-refractivity contribution in [1.82, 2.24) is 9.55 Å². The first-order chi connectivity index (χ1) is 12.3. The highest BCUT2D eigenvalue weighted by Crippen LogP contribution is 2.29. The van der Waals surface area contributed by atoms with Crippen molar-refractivity contribution in [2.45, 2.75) is 33.4 Å². The Morgan fingerprint density at radius 2 is 1.96 bits per heavy atom. The number of aromatic nitrogens is 2. The molecule has 2 aromatic heterocycles. The standard InChI is InChI=1S/C18H16F2N2O4/c1-9-8-14(23)25-10(2)15(9)17(24)26-11(3)16-21-12-6-4-5-7-13(12)22(16)18(19)20/h4-8,11,18H,1-3H3/t11-/m1/s1. The number of carbonyl (C=O) groups excluding carboxylic acids is 1. The van der Waals surface area contributed by atoms with Gasteiger partial charge in [-0.3, -0.25) is 4.57 Å². The quantitative estimate of drug-likeness (QED) is 0.658. The molecule has 2 heterocycles. The van der Waals surface area contributed by atoms with Crippen LogP contribution in [0, 0.1) is 13.8 Å². The number of esters is 1. The Kier molecular flexibility index (Phi) is 4.58. The molecule has 0 bridgehead atoms. The molecule has 0 N–H and O–H groups in total. The zero-order chi connectivity index (χ0) is 19.0. The average molecular weight is 362 g/mol. The van der Waals surface area contributed by atoms with E-state index in [0.29, 0.717) is 11.1 Å². The van der Waals surface area contributed by atoms with E-state index < -0.39 is 24.2 Å². The van der Waals surface area contributed by atoms with Crippen LogP contribution in [-0.4, -0.2) is 15.5 Å². The number of nitrogens with zero attached hydrogens (tertiary/aromatic N) is 2. The number of ether oxygens (including phenoxy) is 1. The molecule has 1 atom stereocenters. The summed E-state index contributed by atoms with van der Waals surface area (Å²) in [7, 11) is 0. The van der Waals surface area contributed by atoms with Crippen LogP contribution in [0.2, 0.25) is 0 Å². The second kappa shape index (κ2) is 6.70. The van der Waals surface area contributed by atoms with Crippen LogP contribution >= 0.6 is 0 Å². The van der Waals surface area contributed by atoms with Crippen molar-refractivity contribution in [2.24, 2.45) is 0 Å². The topological polar surface area (TPSA) is 74.3 Å². The molecule has 0 saturated heterocycles. The number of hydrogen-bond acceptors (Lipinski definition) is 5. The molecule has 3 rings (SSSR count). The molecular formula is C18H16F2N2O4.